The number of carbonyl (C=O) groups is 2. The Labute approximate surface area is 169 Å². The van der Waals surface area contributed by atoms with Crippen LogP contribution in [0.4, 0.5) is 5.69 Å². The Kier molecular flexibility index (Phi) is 7.90. The van der Waals surface area contributed by atoms with Gasteiger partial charge in [-0.3, -0.25) is 4.79 Å². The van der Waals surface area contributed by atoms with Gasteiger partial charge in [0.05, 0.1) is 34.1 Å². The molecule has 8 nitrogen and oxygen atoms in total. The van der Waals surface area contributed by atoms with Crippen LogP contribution in [0, 0.1) is 0 Å². The van der Waals surface area contributed by atoms with Crippen LogP contribution >= 0.6 is 0 Å². The zero-order chi connectivity index (χ0) is 21.2. The van der Waals surface area contributed by atoms with Crippen LogP contribution in [0.25, 0.3) is 6.08 Å². The first-order chi connectivity index (χ1) is 14.0. The fourth-order valence-corrected chi connectivity index (χ4v) is 2.37. The molecule has 29 heavy (non-hydrogen) atoms. The SMILES string of the molecule is COc1cc(/C=C/C(=O)OCC(=O)Nc2cc(OC)ccc2OC)cc(OC)c1. The first-order valence-electron chi connectivity index (χ1n) is 8.58. The molecule has 2 aromatic rings. The summed E-state index contributed by atoms with van der Waals surface area (Å²) < 4.78 is 25.6. The zero-order valence-corrected chi connectivity index (χ0v) is 16.7. The molecule has 154 valence electrons. The molecule has 0 spiro atoms. The van der Waals surface area contributed by atoms with E-state index in [0.29, 0.717) is 34.2 Å². The fourth-order valence-electron chi connectivity index (χ4n) is 2.37. The highest BCUT2D eigenvalue weighted by molar-refractivity contribution is 5.95. The summed E-state index contributed by atoms with van der Waals surface area (Å²) in [5, 5.41) is 2.62. The van der Waals surface area contributed by atoms with E-state index >= 15 is 0 Å². The lowest BCUT2D eigenvalue weighted by Crippen LogP contribution is -2.20. The maximum atomic E-state index is 12.1. The van der Waals surface area contributed by atoms with Gasteiger partial charge in [0.15, 0.2) is 6.61 Å². The van der Waals surface area contributed by atoms with E-state index < -0.39 is 18.5 Å². The highest BCUT2D eigenvalue weighted by atomic mass is 16.5. The molecule has 0 fully saturated rings. The van der Waals surface area contributed by atoms with Crippen LogP contribution in [0.2, 0.25) is 0 Å². The van der Waals surface area contributed by atoms with Gasteiger partial charge in [-0.15, -0.1) is 0 Å². The van der Waals surface area contributed by atoms with E-state index in [9.17, 15) is 9.59 Å². The Bertz CT molecular complexity index is 870. The highest BCUT2D eigenvalue weighted by Crippen LogP contribution is 2.28. The second-order valence-electron chi connectivity index (χ2n) is 5.70. The van der Waals surface area contributed by atoms with E-state index in [4.69, 9.17) is 23.7 Å². The summed E-state index contributed by atoms with van der Waals surface area (Å²) in [4.78, 5) is 24.0. The molecule has 1 amide bonds. The quantitative estimate of drug-likeness (QED) is 0.510. The minimum absolute atomic E-state index is 0.409. The minimum atomic E-state index is -0.667. The van der Waals surface area contributed by atoms with E-state index in [0.717, 1.165) is 0 Å². The molecule has 2 aromatic carbocycles. The number of anilines is 1. The first-order valence-corrected chi connectivity index (χ1v) is 8.58. The number of benzene rings is 2. The van der Waals surface area contributed by atoms with E-state index in [-0.39, 0.29) is 0 Å². The van der Waals surface area contributed by atoms with Gasteiger partial charge < -0.3 is 29.0 Å². The molecule has 0 saturated carbocycles. The summed E-state index contributed by atoms with van der Waals surface area (Å²) in [5.74, 6) is 1.00. The number of hydrogen-bond donors (Lipinski definition) is 1. The summed E-state index contributed by atoms with van der Waals surface area (Å²) in [6.07, 6.45) is 2.75. The van der Waals surface area contributed by atoms with Crippen molar-refractivity contribution >= 4 is 23.6 Å². The topological polar surface area (TPSA) is 92.3 Å². The van der Waals surface area contributed by atoms with Crippen molar-refractivity contribution in [2.75, 3.05) is 40.4 Å². The van der Waals surface area contributed by atoms with E-state index in [1.54, 1.807) is 36.4 Å². The number of rotatable bonds is 9. The molecule has 1 N–H and O–H groups in total. The molecule has 0 heterocycles. The van der Waals surface area contributed by atoms with E-state index in [1.165, 1.54) is 40.6 Å². The number of ether oxygens (including phenoxy) is 5. The summed E-state index contributed by atoms with van der Waals surface area (Å²) in [6, 6.07) is 10.1. The third kappa shape index (κ3) is 6.46. The molecular weight excluding hydrogens is 378 g/mol. The van der Waals surface area contributed by atoms with Gasteiger partial charge in [-0.25, -0.2) is 4.79 Å². The minimum Gasteiger partial charge on any atom is -0.497 e. The van der Waals surface area contributed by atoms with Gasteiger partial charge in [-0.2, -0.15) is 0 Å². The Morgan fingerprint density at radius 2 is 1.52 bits per heavy atom. The molecule has 0 aliphatic carbocycles. The van der Waals surface area contributed by atoms with E-state index in [2.05, 4.69) is 5.32 Å². The van der Waals surface area contributed by atoms with Crippen molar-refractivity contribution in [3.05, 3.63) is 48.0 Å². The van der Waals surface area contributed by atoms with Gasteiger partial charge in [-0.05, 0) is 35.9 Å². The average Bonchev–Trinajstić information content (AvgIpc) is 2.75. The number of carbonyl (C=O) groups excluding carboxylic acids is 2. The van der Waals surface area contributed by atoms with Gasteiger partial charge in [0, 0.05) is 18.2 Å². The van der Waals surface area contributed by atoms with Crippen molar-refractivity contribution in [3.8, 4) is 23.0 Å². The lowest BCUT2D eigenvalue weighted by atomic mass is 10.2. The predicted molar refractivity (Wildman–Crippen MR) is 108 cm³/mol. The van der Waals surface area contributed by atoms with E-state index in [1.807, 2.05) is 0 Å². The van der Waals surface area contributed by atoms with Crippen LogP contribution < -0.4 is 24.3 Å². The fraction of sp³-hybridized carbons (Fsp3) is 0.238. The van der Waals surface area contributed by atoms with Crippen LogP contribution in [-0.2, 0) is 14.3 Å². The summed E-state index contributed by atoms with van der Waals surface area (Å²) >= 11 is 0. The smallest absolute Gasteiger partial charge is 0.331 e. The van der Waals surface area contributed by atoms with Crippen molar-refractivity contribution in [1.82, 2.24) is 0 Å². The van der Waals surface area contributed by atoms with Crippen LogP contribution in [0.15, 0.2) is 42.5 Å². The van der Waals surface area contributed by atoms with Crippen molar-refractivity contribution in [1.29, 1.82) is 0 Å². The van der Waals surface area contributed by atoms with Crippen molar-refractivity contribution in [3.63, 3.8) is 0 Å². The normalized spacial score (nSPS) is 10.3. The molecule has 0 atom stereocenters. The summed E-state index contributed by atoms with van der Waals surface area (Å²) in [5.41, 5.74) is 1.09. The molecule has 0 saturated heterocycles. The third-order valence-corrected chi connectivity index (χ3v) is 3.81. The van der Waals surface area contributed by atoms with Crippen LogP contribution in [-0.4, -0.2) is 46.9 Å². The largest absolute Gasteiger partial charge is 0.497 e. The number of amides is 1. The molecular formula is C21H23NO7. The predicted octanol–water partition coefficient (Wildman–Crippen LogP) is 2.92. The third-order valence-electron chi connectivity index (χ3n) is 3.81. The van der Waals surface area contributed by atoms with Gasteiger partial charge in [0.25, 0.3) is 5.91 Å². The molecule has 0 aromatic heterocycles. The molecule has 0 aliphatic rings. The van der Waals surface area contributed by atoms with Crippen molar-refractivity contribution in [2.45, 2.75) is 0 Å². The highest BCUT2D eigenvalue weighted by Gasteiger charge is 2.11. The van der Waals surface area contributed by atoms with Crippen LogP contribution in [0.1, 0.15) is 5.56 Å². The second kappa shape index (κ2) is 10.6. The van der Waals surface area contributed by atoms with Gasteiger partial charge in [0.1, 0.15) is 23.0 Å². The number of methoxy groups -OCH3 is 4. The molecule has 8 heteroatoms. The standard InChI is InChI=1S/C21H23NO7/c1-25-15-6-7-19(28-4)18(12-15)22-20(23)13-29-21(24)8-5-14-9-16(26-2)11-17(10-14)27-3/h5-12H,13H2,1-4H3,(H,22,23)/b8-5+. The Hall–Kier alpha value is -3.68. The second-order valence-corrected chi connectivity index (χ2v) is 5.70. The number of nitrogens with one attached hydrogen (secondary N) is 1. The van der Waals surface area contributed by atoms with Crippen LogP contribution in [0.3, 0.4) is 0 Å². The first kappa shape index (κ1) is 21.6. The Morgan fingerprint density at radius 1 is 0.862 bits per heavy atom. The maximum absolute atomic E-state index is 12.1. The lowest BCUT2D eigenvalue weighted by molar-refractivity contribution is -0.142. The lowest BCUT2D eigenvalue weighted by Gasteiger charge is -2.11. The van der Waals surface area contributed by atoms with Crippen LogP contribution in [0.5, 0.6) is 23.0 Å². The number of esters is 1. The van der Waals surface area contributed by atoms with Crippen molar-refractivity contribution in [2.24, 2.45) is 0 Å². The molecule has 0 radical (unpaired) electrons. The maximum Gasteiger partial charge on any atom is 0.331 e. The molecule has 0 unspecified atom stereocenters. The zero-order valence-electron chi connectivity index (χ0n) is 16.7. The Balaban J connectivity index is 1.94. The average molecular weight is 401 g/mol. The molecule has 2 rings (SSSR count). The van der Waals surface area contributed by atoms with Gasteiger partial charge in [-0.1, -0.05) is 0 Å². The number of hydrogen-bond acceptors (Lipinski definition) is 7. The van der Waals surface area contributed by atoms with Gasteiger partial charge >= 0.3 is 5.97 Å². The van der Waals surface area contributed by atoms with Gasteiger partial charge in [0.2, 0.25) is 0 Å². The molecule has 0 bridgehead atoms. The summed E-state index contributed by atoms with van der Waals surface area (Å²) in [6.45, 7) is -0.453. The van der Waals surface area contributed by atoms with Crippen molar-refractivity contribution < 1.29 is 33.3 Å². The summed E-state index contributed by atoms with van der Waals surface area (Å²) in [7, 11) is 6.06. The Morgan fingerprint density at radius 3 is 2.10 bits per heavy atom. The molecule has 0 aliphatic heterocycles. The monoisotopic (exact) mass is 401 g/mol.